The minimum Gasteiger partial charge on any atom is -0.373 e. The first-order valence-corrected chi connectivity index (χ1v) is 7.95. The van der Waals surface area contributed by atoms with Crippen LogP contribution in [0.15, 0.2) is 30.3 Å². The molecule has 1 N–H and O–H groups in total. The highest BCUT2D eigenvalue weighted by atomic mass is 16.5. The van der Waals surface area contributed by atoms with E-state index in [9.17, 15) is 4.79 Å². The predicted octanol–water partition coefficient (Wildman–Crippen LogP) is 1.97. The summed E-state index contributed by atoms with van der Waals surface area (Å²) in [5, 5.41) is 3.34. The summed E-state index contributed by atoms with van der Waals surface area (Å²) < 4.78 is 5.96. The molecule has 4 heteroatoms. The zero-order valence-corrected chi connectivity index (χ0v) is 12.6. The van der Waals surface area contributed by atoms with Crippen LogP contribution in [0.25, 0.3) is 0 Å². The summed E-state index contributed by atoms with van der Waals surface area (Å²) in [6.45, 7) is 5.44. The Bertz CT molecular complexity index is 477. The van der Waals surface area contributed by atoms with Crippen molar-refractivity contribution in [2.45, 2.75) is 31.9 Å². The van der Waals surface area contributed by atoms with Crippen LogP contribution in [-0.2, 0) is 9.53 Å². The Balaban J connectivity index is 1.79. The molecule has 3 atom stereocenters. The summed E-state index contributed by atoms with van der Waals surface area (Å²) in [4.78, 5) is 15.0. The van der Waals surface area contributed by atoms with Gasteiger partial charge in [0.25, 0.3) is 0 Å². The first kappa shape index (κ1) is 14.5. The molecule has 2 aliphatic rings. The van der Waals surface area contributed by atoms with E-state index in [-0.39, 0.29) is 24.0 Å². The molecule has 114 valence electrons. The molecular weight excluding hydrogens is 264 g/mol. The maximum absolute atomic E-state index is 13.0. The lowest BCUT2D eigenvalue weighted by molar-refractivity contribution is -0.148. The molecule has 0 bridgehead atoms. The third kappa shape index (κ3) is 3.11. The molecule has 0 radical (unpaired) electrons. The minimum absolute atomic E-state index is 0.0401. The van der Waals surface area contributed by atoms with E-state index in [1.807, 2.05) is 23.1 Å². The highest BCUT2D eigenvalue weighted by Gasteiger charge is 2.37. The molecule has 0 aromatic heterocycles. The Hall–Kier alpha value is -1.39. The number of nitrogens with one attached hydrogen (secondary N) is 1. The van der Waals surface area contributed by atoms with Crippen molar-refractivity contribution in [3.05, 3.63) is 35.9 Å². The van der Waals surface area contributed by atoms with E-state index in [1.54, 1.807) is 0 Å². The van der Waals surface area contributed by atoms with Crippen LogP contribution in [0.3, 0.4) is 0 Å². The summed E-state index contributed by atoms with van der Waals surface area (Å²) in [5.41, 5.74) is 1.12. The lowest BCUT2D eigenvalue weighted by atomic mass is 9.88. The van der Waals surface area contributed by atoms with Gasteiger partial charge >= 0.3 is 0 Å². The molecule has 1 aromatic carbocycles. The van der Waals surface area contributed by atoms with Gasteiger partial charge in [0.15, 0.2) is 0 Å². The number of benzene rings is 1. The number of piperazine rings is 1. The van der Waals surface area contributed by atoms with Gasteiger partial charge < -0.3 is 15.0 Å². The van der Waals surface area contributed by atoms with Crippen molar-refractivity contribution in [2.75, 3.05) is 26.2 Å². The third-order valence-electron chi connectivity index (χ3n) is 4.55. The predicted molar refractivity (Wildman–Crippen MR) is 81.9 cm³/mol. The first-order chi connectivity index (χ1) is 10.3. The topological polar surface area (TPSA) is 41.6 Å². The van der Waals surface area contributed by atoms with Crippen molar-refractivity contribution in [3.63, 3.8) is 0 Å². The number of hydrogen-bond acceptors (Lipinski definition) is 3. The number of hydrogen-bond donors (Lipinski definition) is 1. The monoisotopic (exact) mass is 288 g/mol. The second-order valence-corrected chi connectivity index (χ2v) is 6.04. The average molecular weight is 288 g/mol. The molecule has 2 fully saturated rings. The maximum atomic E-state index is 13.0. The van der Waals surface area contributed by atoms with Crippen LogP contribution < -0.4 is 5.32 Å². The van der Waals surface area contributed by atoms with E-state index in [2.05, 4.69) is 24.4 Å². The summed E-state index contributed by atoms with van der Waals surface area (Å²) in [6, 6.07) is 10.4. The van der Waals surface area contributed by atoms with Gasteiger partial charge in [-0.2, -0.15) is 0 Å². The van der Waals surface area contributed by atoms with Crippen LogP contribution in [0, 0.1) is 5.92 Å². The van der Waals surface area contributed by atoms with Crippen molar-refractivity contribution >= 4 is 5.91 Å². The van der Waals surface area contributed by atoms with E-state index in [0.29, 0.717) is 0 Å². The Morgan fingerprint density at radius 2 is 2.14 bits per heavy atom. The van der Waals surface area contributed by atoms with Gasteiger partial charge in [-0.05, 0) is 25.3 Å². The number of rotatable bonds is 2. The van der Waals surface area contributed by atoms with Gasteiger partial charge in [0.1, 0.15) is 0 Å². The van der Waals surface area contributed by atoms with Crippen LogP contribution in [0.1, 0.15) is 31.4 Å². The fourth-order valence-electron chi connectivity index (χ4n) is 3.39. The molecule has 0 aliphatic carbocycles. The Morgan fingerprint density at radius 3 is 2.90 bits per heavy atom. The van der Waals surface area contributed by atoms with Crippen LogP contribution >= 0.6 is 0 Å². The second-order valence-electron chi connectivity index (χ2n) is 6.04. The summed E-state index contributed by atoms with van der Waals surface area (Å²) in [6.07, 6.45) is 1.81. The lowest BCUT2D eigenvalue weighted by Crippen LogP contribution is -2.54. The van der Waals surface area contributed by atoms with E-state index in [1.165, 1.54) is 0 Å². The number of carbonyl (C=O) groups excluding carboxylic acids is 1. The maximum Gasteiger partial charge on any atom is 0.228 e. The van der Waals surface area contributed by atoms with Crippen molar-refractivity contribution in [2.24, 2.45) is 5.92 Å². The van der Waals surface area contributed by atoms with Crippen molar-refractivity contribution in [1.29, 1.82) is 0 Å². The van der Waals surface area contributed by atoms with Gasteiger partial charge in [-0.3, -0.25) is 4.79 Å². The summed E-state index contributed by atoms with van der Waals surface area (Å²) >= 11 is 0. The molecule has 4 nitrogen and oxygen atoms in total. The van der Waals surface area contributed by atoms with Crippen LogP contribution in [0.5, 0.6) is 0 Å². The zero-order chi connectivity index (χ0) is 14.7. The van der Waals surface area contributed by atoms with Crippen molar-refractivity contribution < 1.29 is 9.53 Å². The van der Waals surface area contributed by atoms with Crippen molar-refractivity contribution in [3.8, 4) is 0 Å². The largest absolute Gasteiger partial charge is 0.373 e. The highest BCUT2D eigenvalue weighted by molar-refractivity contribution is 5.80. The summed E-state index contributed by atoms with van der Waals surface area (Å²) in [7, 11) is 0. The summed E-state index contributed by atoms with van der Waals surface area (Å²) in [5.74, 6) is 0.222. The van der Waals surface area contributed by atoms with Crippen LogP contribution in [0.2, 0.25) is 0 Å². The molecule has 0 saturated carbocycles. The van der Waals surface area contributed by atoms with Gasteiger partial charge in [0, 0.05) is 32.3 Å². The normalized spacial score (nSPS) is 30.1. The number of ether oxygens (including phenoxy) is 1. The molecule has 2 aliphatic heterocycles. The number of carbonyl (C=O) groups is 1. The smallest absolute Gasteiger partial charge is 0.228 e. The highest BCUT2D eigenvalue weighted by Crippen LogP contribution is 2.35. The fraction of sp³-hybridized carbons (Fsp3) is 0.588. The van der Waals surface area contributed by atoms with Gasteiger partial charge in [-0.25, -0.2) is 0 Å². The van der Waals surface area contributed by atoms with Gasteiger partial charge in [-0.15, -0.1) is 0 Å². The molecule has 3 unspecified atom stereocenters. The zero-order valence-electron chi connectivity index (χ0n) is 12.6. The fourth-order valence-corrected chi connectivity index (χ4v) is 3.39. The molecule has 1 aromatic rings. The van der Waals surface area contributed by atoms with Gasteiger partial charge in [0.2, 0.25) is 5.91 Å². The first-order valence-electron chi connectivity index (χ1n) is 7.95. The Kier molecular flexibility index (Phi) is 4.56. The molecule has 21 heavy (non-hydrogen) atoms. The number of amides is 1. The van der Waals surface area contributed by atoms with Gasteiger partial charge in [0.05, 0.1) is 12.0 Å². The lowest BCUT2D eigenvalue weighted by Gasteiger charge is -2.39. The van der Waals surface area contributed by atoms with Crippen LogP contribution in [-0.4, -0.2) is 43.1 Å². The molecule has 2 heterocycles. The number of nitrogens with zero attached hydrogens (tertiary/aromatic N) is 1. The van der Waals surface area contributed by atoms with Crippen LogP contribution in [0.4, 0.5) is 0 Å². The van der Waals surface area contributed by atoms with Crippen molar-refractivity contribution in [1.82, 2.24) is 10.2 Å². The Labute approximate surface area is 126 Å². The quantitative estimate of drug-likeness (QED) is 0.904. The molecule has 0 spiro atoms. The third-order valence-corrected chi connectivity index (χ3v) is 4.55. The van der Waals surface area contributed by atoms with E-state index in [0.717, 1.165) is 44.6 Å². The SMILES string of the molecule is CC1CNCCN1C(=O)C1CCCOC1c1ccccc1. The Morgan fingerprint density at radius 1 is 1.33 bits per heavy atom. The molecular formula is C17H24N2O2. The molecule has 3 rings (SSSR count). The molecule has 1 amide bonds. The van der Waals surface area contributed by atoms with E-state index >= 15 is 0 Å². The standard InChI is InChI=1S/C17H24N2O2/c1-13-12-18-9-10-19(13)17(20)15-8-5-11-21-16(15)14-6-3-2-4-7-14/h2-4,6-7,13,15-16,18H,5,8-12H2,1H3. The van der Waals surface area contributed by atoms with E-state index < -0.39 is 0 Å². The molecule has 2 saturated heterocycles. The average Bonchev–Trinajstić information content (AvgIpc) is 2.55. The van der Waals surface area contributed by atoms with E-state index in [4.69, 9.17) is 4.74 Å². The minimum atomic E-state index is -0.0884. The van der Waals surface area contributed by atoms with Gasteiger partial charge in [-0.1, -0.05) is 30.3 Å². The second kappa shape index (κ2) is 6.58.